The Labute approximate surface area is 118 Å². The van der Waals surface area contributed by atoms with Gasteiger partial charge < -0.3 is 15.8 Å². The molecule has 0 bridgehead atoms. The number of hydrogen-bond donors (Lipinski definition) is 2. The predicted molar refractivity (Wildman–Crippen MR) is 64.8 cm³/mol. The molecule has 0 saturated carbocycles. The summed E-state index contributed by atoms with van der Waals surface area (Å²) >= 11 is 0. The number of nitrogens with one attached hydrogen (secondary N) is 1. The maximum absolute atomic E-state index is 12.5. The molecule has 0 aliphatic heterocycles. The minimum Gasteiger partial charge on any atom is -0.369 e. The first-order valence-corrected chi connectivity index (χ1v) is 6.21. The Morgan fingerprint density at radius 1 is 1.33 bits per heavy atom. The van der Waals surface area contributed by atoms with Crippen molar-refractivity contribution in [3.05, 3.63) is 12.2 Å². The second-order valence-electron chi connectivity index (χ2n) is 4.68. The third-order valence-corrected chi connectivity index (χ3v) is 2.99. The Hall–Kier alpha value is -1.64. The lowest BCUT2D eigenvalue weighted by Crippen LogP contribution is -2.47. The molecule has 0 spiro atoms. The molecule has 21 heavy (non-hydrogen) atoms. The monoisotopic (exact) mass is 312 g/mol. The number of primary amides is 1. The average Bonchev–Trinajstić information content (AvgIpc) is 2.38. The fraction of sp³-hybridized carbons (Fsp3) is 0.667. The molecule has 0 saturated heterocycles. The molecule has 2 atom stereocenters. The van der Waals surface area contributed by atoms with Gasteiger partial charge in [0.05, 0.1) is 5.92 Å². The molecule has 120 valence electrons. The van der Waals surface area contributed by atoms with Gasteiger partial charge in [0.2, 0.25) is 11.8 Å². The van der Waals surface area contributed by atoms with Crippen molar-refractivity contribution in [2.75, 3.05) is 13.2 Å². The Bertz CT molecular complexity index is 415. The average molecular weight is 312 g/mol. The van der Waals surface area contributed by atoms with Crippen molar-refractivity contribution in [1.82, 2.24) is 5.32 Å². The van der Waals surface area contributed by atoms with Gasteiger partial charge in [-0.25, -0.2) is 8.78 Å². The molecule has 1 aliphatic carbocycles. The molecule has 0 aromatic heterocycles. The molecular weight excluding hydrogens is 296 g/mol. The van der Waals surface area contributed by atoms with Crippen molar-refractivity contribution in [2.45, 2.75) is 31.2 Å². The molecule has 0 unspecified atom stereocenters. The zero-order valence-corrected chi connectivity index (χ0v) is 11.0. The van der Waals surface area contributed by atoms with Gasteiger partial charge in [-0.2, -0.15) is 8.78 Å². The second kappa shape index (κ2) is 7.39. The van der Waals surface area contributed by atoms with E-state index in [0.29, 0.717) is 12.8 Å². The summed E-state index contributed by atoms with van der Waals surface area (Å²) in [5.41, 5.74) is 5.19. The van der Waals surface area contributed by atoms with Crippen molar-refractivity contribution in [1.29, 1.82) is 0 Å². The number of nitrogens with two attached hydrogens (primary N) is 1. The van der Waals surface area contributed by atoms with Crippen LogP contribution in [0.5, 0.6) is 0 Å². The van der Waals surface area contributed by atoms with Crippen molar-refractivity contribution >= 4 is 11.8 Å². The lowest BCUT2D eigenvalue weighted by Gasteiger charge is -2.27. The molecule has 1 rings (SSSR count). The summed E-state index contributed by atoms with van der Waals surface area (Å²) in [6.45, 7) is -2.35. The minimum absolute atomic E-state index is 0.366. The summed E-state index contributed by atoms with van der Waals surface area (Å²) in [6.07, 6.45) is 0.369. The lowest BCUT2D eigenvalue weighted by molar-refractivity contribution is -0.168. The van der Waals surface area contributed by atoms with Crippen LogP contribution in [0.3, 0.4) is 0 Å². The number of rotatable bonds is 7. The summed E-state index contributed by atoms with van der Waals surface area (Å²) in [5, 5.41) is 2.42. The number of allylic oxidation sites excluding steroid dienone is 1. The van der Waals surface area contributed by atoms with Crippen LogP contribution in [-0.2, 0) is 14.3 Å². The van der Waals surface area contributed by atoms with Crippen LogP contribution in [-0.4, -0.2) is 43.4 Å². The molecule has 9 heteroatoms. The van der Waals surface area contributed by atoms with Crippen LogP contribution in [0.2, 0.25) is 0 Å². The van der Waals surface area contributed by atoms with Crippen molar-refractivity contribution in [3.8, 4) is 0 Å². The first kappa shape index (κ1) is 17.4. The van der Waals surface area contributed by atoms with Gasteiger partial charge in [-0.05, 0) is 12.8 Å². The number of hydrogen-bond acceptors (Lipinski definition) is 3. The highest BCUT2D eigenvalue weighted by atomic mass is 19.3. The van der Waals surface area contributed by atoms with Gasteiger partial charge in [-0.15, -0.1) is 0 Å². The van der Waals surface area contributed by atoms with Gasteiger partial charge in [0.1, 0.15) is 13.2 Å². The molecule has 2 amide bonds. The molecule has 3 N–H and O–H groups in total. The summed E-state index contributed by atoms with van der Waals surface area (Å²) < 4.78 is 53.1. The van der Waals surface area contributed by atoms with Gasteiger partial charge >= 0.3 is 12.3 Å². The van der Waals surface area contributed by atoms with Gasteiger partial charge in [0.25, 0.3) is 0 Å². The third-order valence-electron chi connectivity index (χ3n) is 2.99. The van der Waals surface area contributed by atoms with E-state index in [4.69, 9.17) is 5.73 Å². The van der Waals surface area contributed by atoms with E-state index >= 15 is 0 Å². The number of carbonyl (C=O) groups is 2. The number of carbonyl (C=O) groups excluding carboxylic acids is 2. The molecular formula is C12H16F4N2O3. The van der Waals surface area contributed by atoms with Crippen molar-refractivity contribution in [3.63, 3.8) is 0 Å². The van der Waals surface area contributed by atoms with E-state index in [0.717, 1.165) is 0 Å². The van der Waals surface area contributed by atoms with Crippen LogP contribution in [0.15, 0.2) is 12.2 Å². The number of amides is 2. The standard InChI is InChI=1S/C12H16F4N2O3/c13-11(14)12(15,16)6-21-5-9(19)18-8-4-2-1-3-7(8)10(17)20/h1-2,7-8,11H,3-6H2,(H2,17,20)(H,18,19)/t7-,8-/m1/s1. The molecule has 0 aromatic rings. The minimum atomic E-state index is -4.30. The quantitative estimate of drug-likeness (QED) is 0.540. The van der Waals surface area contributed by atoms with Crippen LogP contribution in [0, 0.1) is 5.92 Å². The fourth-order valence-corrected chi connectivity index (χ4v) is 1.88. The third kappa shape index (κ3) is 5.33. The Balaban J connectivity index is 2.40. The zero-order valence-electron chi connectivity index (χ0n) is 11.0. The maximum atomic E-state index is 12.5. The first-order chi connectivity index (χ1) is 9.74. The van der Waals surface area contributed by atoms with E-state index < -0.39 is 49.3 Å². The van der Waals surface area contributed by atoms with E-state index in [9.17, 15) is 27.2 Å². The Morgan fingerprint density at radius 3 is 2.52 bits per heavy atom. The van der Waals surface area contributed by atoms with E-state index in [1.807, 2.05) is 0 Å². The highest BCUT2D eigenvalue weighted by Crippen LogP contribution is 2.23. The normalized spacial score (nSPS) is 22.3. The summed E-state index contributed by atoms with van der Waals surface area (Å²) in [6, 6.07) is -0.556. The zero-order chi connectivity index (χ0) is 16.0. The first-order valence-electron chi connectivity index (χ1n) is 6.21. The van der Waals surface area contributed by atoms with Gasteiger partial charge in [-0.1, -0.05) is 12.2 Å². The summed E-state index contributed by atoms with van der Waals surface area (Å²) in [5.74, 6) is -6.26. The Kier molecular flexibility index (Phi) is 6.13. The van der Waals surface area contributed by atoms with E-state index in [2.05, 4.69) is 10.1 Å². The van der Waals surface area contributed by atoms with Crippen LogP contribution in [0.25, 0.3) is 0 Å². The number of alkyl halides is 4. The van der Waals surface area contributed by atoms with Crippen LogP contribution < -0.4 is 11.1 Å². The van der Waals surface area contributed by atoms with Crippen LogP contribution in [0.1, 0.15) is 12.8 Å². The van der Waals surface area contributed by atoms with E-state index in [1.165, 1.54) is 0 Å². The van der Waals surface area contributed by atoms with Crippen LogP contribution in [0.4, 0.5) is 17.6 Å². The molecule has 0 radical (unpaired) electrons. The van der Waals surface area contributed by atoms with Crippen molar-refractivity contribution < 1.29 is 31.9 Å². The smallest absolute Gasteiger partial charge is 0.330 e. The maximum Gasteiger partial charge on any atom is 0.330 e. The highest BCUT2D eigenvalue weighted by Gasteiger charge is 2.41. The van der Waals surface area contributed by atoms with E-state index in [1.54, 1.807) is 12.2 Å². The highest BCUT2D eigenvalue weighted by molar-refractivity contribution is 5.81. The van der Waals surface area contributed by atoms with Gasteiger partial charge in [0, 0.05) is 6.04 Å². The van der Waals surface area contributed by atoms with Crippen LogP contribution >= 0.6 is 0 Å². The molecule has 0 heterocycles. The molecule has 5 nitrogen and oxygen atoms in total. The van der Waals surface area contributed by atoms with Gasteiger partial charge in [0.15, 0.2) is 0 Å². The largest absolute Gasteiger partial charge is 0.369 e. The SMILES string of the molecule is NC(=O)[C@@H]1CC=CC[C@H]1NC(=O)COCC(F)(F)C(F)F. The van der Waals surface area contributed by atoms with E-state index in [-0.39, 0.29) is 0 Å². The molecule has 1 aliphatic rings. The topological polar surface area (TPSA) is 81.4 Å². The fourth-order valence-electron chi connectivity index (χ4n) is 1.88. The van der Waals surface area contributed by atoms with Crippen molar-refractivity contribution in [2.24, 2.45) is 11.7 Å². The molecule has 0 aromatic carbocycles. The number of ether oxygens (including phenoxy) is 1. The summed E-state index contributed by atoms with van der Waals surface area (Å²) in [7, 11) is 0. The Morgan fingerprint density at radius 2 is 1.95 bits per heavy atom. The number of halogens is 4. The molecule has 0 fully saturated rings. The second-order valence-corrected chi connectivity index (χ2v) is 4.68. The predicted octanol–water partition coefficient (Wildman–Crippen LogP) is 0.840. The van der Waals surface area contributed by atoms with Gasteiger partial charge in [-0.3, -0.25) is 9.59 Å². The lowest BCUT2D eigenvalue weighted by atomic mass is 9.88. The summed E-state index contributed by atoms with van der Waals surface area (Å²) in [4.78, 5) is 22.7.